The summed E-state index contributed by atoms with van der Waals surface area (Å²) in [5, 5.41) is 13.2. The zero-order valence-corrected chi connectivity index (χ0v) is 12.6. The summed E-state index contributed by atoms with van der Waals surface area (Å²) in [5.74, 6) is 0.265. The number of benzene rings is 2. The van der Waals surface area contributed by atoms with Gasteiger partial charge in [0.05, 0.1) is 12.8 Å². The number of nitrogens with two attached hydrogens (primary N) is 1. The van der Waals surface area contributed by atoms with E-state index in [4.69, 9.17) is 10.5 Å². The Morgan fingerprint density at radius 2 is 2.09 bits per heavy atom. The summed E-state index contributed by atoms with van der Waals surface area (Å²) in [4.78, 5) is 11.1. The van der Waals surface area contributed by atoms with E-state index in [9.17, 15) is 9.82 Å². The van der Waals surface area contributed by atoms with E-state index >= 15 is 0 Å². The van der Waals surface area contributed by atoms with E-state index < -0.39 is 0 Å². The van der Waals surface area contributed by atoms with Crippen LogP contribution in [-0.4, -0.2) is 31.2 Å². The lowest BCUT2D eigenvalue weighted by Gasteiger charge is -2.09. The number of amides is 1. The summed E-state index contributed by atoms with van der Waals surface area (Å²) in [7, 11) is -0.134. The van der Waals surface area contributed by atoms with E-state index in [-0.39, 0.29) is 19.9 Å². The molecule has 0 bridgehead atoms. The lowest BCUT2D eigenvalue weighted by molar-refractivity contribution is -0.119. The average Bonchev–Trinajstić information content (AvgIpc) is 2.60. The van der Waals surface area contributed by atoms with Gasteiger partial charge in [0, 0.05) is 0 Å². The second kappa shape index (κ2) is 8.72. The highest BCUT2D eigenvalue weighted by molar-refractivity contribution is 6.47. The molecule has 0 aliphatic carbocycles. The molecule has 0 fully saturated rings. The number of hydrogen-bond donors (Lipinski definition) is 3. The Bertz CT molecular complexity index is 678. The predicted molar refractivity (Wildman–Crippen MR) is 91.0 cm³/mol. The average molecular weight is 311 g/mol. The number of carbonyl (C=O) groups excluding carboxylic acids is 1. The molecule has 4 N–H and O–H groups in total. The first-order valence-electron chi connectivity index (χ1n) is 7.15. The zero-order valence-electron chi connectivity index (χ0n) is 12.6. The summed E-state index contributed by atoms with van der Waals surface area (Å²) in [6.07, 6.45) is 1.45. The Kier molecular flexibility index (Phi) is 6.34. The third-order valence-corrected chi connectivity index (χ3v) is 3.11. The second-order valence-electron chi connectivity index (χ2n) is 4.79. The number of hydrazone groups is 1. The Morgan fingerprint density at radius 3 is 2.78 bits per heavy atom. The SMILES string of the molecule is NCC(=O)N/N=C/c1cc(OCc2ccccc2)ccc1BO. The van der Waals surface area contributed by atoms with Crippen molar-refractivity contribution >= 4 is 25.1 Å². The molecule has 23 heavy (non-hydrogen) atoms. The van der Waals surface area contributed by atoms with Crippen LogP contribution in [0.3, 0.4) is 0 Å². The van der Waals surface area contributed by atoms with Crippen molar-refractivity contribution in [3.8, 4) is 5.75 Å². The smallest absolute Gasteiger partial charge is 0.305 e. The van der Waals surface area contributed by atoms with Gasteiger partial charge in [-0.3, -0.25) is 4.79 Å². The van der Waals surface area contributed by atoms with E-state index in [2.05, 4.69) is 10.5 Å². The fourth-order valence-electron chi connectivity index (χ4n) is 1.89. The van der Waals surface area contributed by atoms with Gasteiger partial charge in [0.15, 0.2) is 0 Å². The van der Waals surface area contributed by atoms with Crippen molar-refractivity contribution in [1.29, 1.82) is 0 Å². The molecule has 2 aromatic carbocycles. The third-order valence-electron chi connectivity index (χ3n) is 3.11. The molecule has 6 nitrogen and oxygen atoms in total. The van der Waals surface area contributed by atoms with Crippen LogP contribution >= 0.6 is 0 Å². The van der Waals surface area contributed by atoms with Crippen LogP contribution in [0.5, 0.6) is 5.75 Å². The van der Waals surface area contributed by atoms with Crippen molar-refractivity contribution < 1.29 is 14.6 Å². The summed E-state index contributed by atoms with van der Waals surface area (Å²) >= 11 is 0. The van der Waals surface area contributed by atoms with E-state index in [0.717, 1.165) is 5.56 Å². The lowest BCUT2D eigenvalue weighted by atomic mass is 9.84. The molecule has 2 aromatic rings. The molecule has 0 heterocycles. The second-order valence-corrected chi connectivity index (χ2v) is 4.79. The standard InChI is InChI=1S/C16H18BN3O3/c18-9-16(21)20-19-10-13-8-14(6-7-15(13)17-22)23-11-12-4-2-1-3-5-12/h1-8,10,17,22H,9,11,18H2,(H,20,21)/b19-10+. The lowest BCUT2D eigenvalue weighted by Crippen LogP contribution is -2.26. The molecule has 0 unspecified atom stereocenters. The normalized spacial score (nSPS) is 10.5. The van der Waals surface area contributed by atoms with Gasteiger partial charge >= 0.3 is 7.48 Å². The molecular formula is C16H18BN3O3. The zero-order chi connectivity index (χ0) is 16.5. The Hall–Kier alpha value is -2.64. The van der Waals surface area contributed by atoms with E-state index in [1.54, 1.807) is 18.2 Å². The largest absolute Gasteiger partial charge is 0.489 e. The first-order valence-corrected chi connectivity index (χ1v) is 7.15. The van der Waals surface area contributed by atoms with E-state index in [1.807, 2.05) is 30.3 Å². The Labute approximate surface area is 135 Å². The number of rotatable bonds is 7. The highest BCUT2D eigenvalue weighted by atomic mass is 16.5. The molecule has 0 saturated carbocycles. The van der Waals surface area contributed by atoms with Gasteiger partial charge in [-0.15, -0.1) is 0 Å². The Balaban J connectivity index is 2.07. The number of ether oxygens (including phenoxy) is 1. The first-order chi connectivity index (χ1) is 11.2. The van der Waals surface area contributed by atoms with Crippen LogP contribution in [0, 0.1) is 0 Å². The Morgan fingerprint density at radius 1 is 1.30 bits per heavy atom. The van der Waals surface area contributed by atoms with Crippen LogP contribution in [-0.2, 0) is 11.4 Å². The molecule has 0 spiro atoms. The van der Waals surface area contributed by atoms with Crippen LogP contribution in [0.25, 0.3) is 0 Å². The predicted octanol–water partition coefficient (Wildman–Crippen LogP) is -0.357. The first kappa shape index (κ1) is 16.7. The molecule has 2 rings (SSSR count). The number of nitrogens with one attached hydrogen (secondary N) is 1. The topological polar surface area (TPSA) is 96.9 Å². The van der Waals surface area contributed by atoms with Crippen LogP contribution in [0.4, 0.5) is 0 Å². The summed E-state index contributed by atoms with van der Waals surface area (Å²) < 4.78 is 5.73. The summed E-state index contributed by atoms with van der Waals surface area (Å²) in [6.45, 7) is 0.310. The van der Waals surface area contributed by atoms with Gasteiger partial charge in [0.1, 0.15) is 12.4 Å². The number of carbonyl (C=O) groups is 1. The van der Waals surface area contributed by atoms with Gasteiger partial charge in [0.25, 0.3) is 5.91 Å². The van der Waals surface area contributed by atoms with Crippen molar-refractivity contribution in [3.05, 3.63) is 59.7 Å². The number of nitrogens with zero attached hydrogens (tertiary/aromatic N) is 1. The molecule has 0 aliphatic rings. The quantitative estimate of drug-likeness (QED) is 0.370. The maximum atomic E-state index is 11.1. The molecule has 0 aromatic heterocycles. The van der Waals surface area contributed by atoms with Crippen molar-refractivity contribution in [2.45, 2.75) is 6.61 Å². The maximum absolute atomic E-state index is 11.1. The molecule has 0 atom stereocenters. The summed E-state index contributed by atoms with van der Waals surface area (Å²) in [5.41, 5.74) is 9.88. The highest BCUT2D eigenvalue weighted by Gasteiger charge is 2.04. The van der Waals surface area contributed by atoms with Crippen LogP contribution in [0.15, 0.2) is 53.6 Å². The third kappa shape index (κ3) is 5.25. The maximum Gasteiger partial charge on any atom is 0.305 e. The number of hydrogen-bond acceptors (Lipinski definition) is 5. The molecule has 7 heteroatoms. The van der Waals surface area contributed by atoms with Crippen molar-refractivity contribution in [1.82, 2.24) is 5.43 Å². The summed E-state index contributed by atoms with van der Waals surface area (Å²) in [6, 6.07) is 15.1. The minimum absolute atomic E-state index is 0.134. The van der Waals surface area contributed by atoms with Gasteiger partial charge in [-0.05, 0) is 28.7 Å². The fourth-order valence-corrected chi connectivity index (χ4v) is 1.89. The molecule has 0 radical (unpaired) electrons. The molecule has 1 amide bonds. The van der Waals surface area contributed by atoms with Crippen molar-refractivity contribution in [2.75, 3.05) is 6.54 Å². The van der Waals surface area contributed by atoms with Crippen LogP contribution in [0.1, 0.15) is 11.1 Å². The van der Waals surface area contributed by atoms with Gasteiger partial charge in [0.2, 0.25) is 0 Å². The fraction of sp³-hybridized carbons (Fsp3) is 0.125. The van der Waals surface area contributed by atoms with Gasteiger partial charge < -0.3 is 15.5 Å². The van der Waals surface area contributed by atoms with Crippen molar-refractivity contribution in [3.63, 3.8) is 0 Å². The molecule has 0 aliphatic heterocycles. The minimum atomic E-state index is -0.386. The monoisotopic (exact) mass is 311 g/mol. The van der Waals surface area contributed by atoms with Crippen molar-refractivity contribution in [2.24, 2.45) is 10.8 Å². The van der Waals surface area contributed by atoms with Crippen LogP contribution in [0.2, 0.25) is 0 Å². The van der Waals surface area contributed by atoms with E-state index in [0.29, 0.717) is 23.4 Å². The van der Waals surface area contributed by atoms with Gasteiger partial charge in [-0.2, -0.15) is 5.10 Å². The highest BCUT2D eigenvalue weighted by Crippen LogP contribution is 2.13. The molecular weight excluding hydrogens is 293 g/mol. The molecule has 0 saturated heterocycles. The van der Waals surface area contributed by atoms with Gasteiger partial charge in [-0.25, -0.2) is 5.43 Å². The van der Waals surface area contributed by atoms with Gasteiger partial charge in [-0.1, -0.05) is 36.4 Å². The molecule has 118 valence electrons. The minimum Gasteiger partial charge on any atom is -0.489 e. The van der Waals surface area contributed by atoms with E-state index in [1.165, 1.54) is 6.21 Å². The van der Waals surface area contributed by atoms with Crippen LogP contribution < -0.4 is 21.4 Å².